The minimum atomic E-state index is -0.313. The van der Waals surface area contributed by atoms with E-state index in [9.17, 15) is 4.79 Å². The number of esters is 1. The molecule has 0 fully saturated rings. The molecule has 0 radical (unpaired) electrons. The van der Waals surface area contributed by atoms with Gasteiger partial charge in [-0.3, -0.25) is 0 Å². The molecule has 3 rings (SSSR count). The summed E-state index contributed by atoms with van der Waals surface area (Å²) in [6.07, 6.45) is 2.12. The fourth-order valence-corrected chi connectivity index (χ4v) is 3.12. The van der Waals surface area contributed by atoms with Crippen molar-refractivity contribution in [2.24, 2.45) is 0 Å². The number of hydrogen-bond acceptors (Lipinski definition) is 3. The Morgan fingerprint density at radius 3 is 1.79 bits per heavy atom. The van der Waals surface area contributed by atoms with Crippen LogP contribution in [-0.4, -0.2) is 19.1 Å². The number of carbonyl (C=O) groups excluding carboxylic acids is 1. The summed E-state index contributed by atoms with van der Waals surface area (Å²) in [4.78, 5) is 11.8. The molecule has 1 N–H and O–H groups in total. The average molecular weight is 426 g/mol. The van der Waals surface area contributed by atoms with Gasteiger partial charge in [-0.25, -0.2) is 4.79 Å². The molecule has 0 aliphatic heterocycles. The first-order chi connectivity index (χ1) is 14.1. The molecule has 0 aliphatic rings. The van der Waals surface area contributed by atoms with Crippen LogP contribution in [-0.2, 0) is 4.74 Å². The number of ether oxygens (including phenoxy) is 1. The van der Waals surface area contributed by atoms with Crippen LogP contribution in [0.3, 0.4) is 0 Å². The molecular formula is C24H21Cl2NO2. The van der Waals surface area contributed by atoms with Crippen LogP contribution in [0.25, 0.3) is 5.57 Å². The van der Waals surface area contributed by atoms with E-state index in [-0.39, 0.29) is 5.97 Å². The molecule has 0 spiro atoms. The van der Waals surface area contributed by atoms with Gasteiger partial charge in [0.2, 0.25) is 0 Å². The van der Waals surface area contributed by atoms with Gasteiger partial charge in [-0.1, -0.05) is 53.5 Å². The molecule has 3 nitrogen and oxygen atoms in total. The van der Waals surface area contributed by atoms with E-state index in [0.29, 0.717) is 28.8 Å². The molecule has 3 aromatic carbocycles. The van der Waals surface area contributed by atoms with Gasteiger partial charge in [-0.15, -0.1) is 0 Å². The smallest absolute Gasteiger partial charge is 0.338 e. The van der Waals surface area contributed by atoms with Crippen molar-refractivity contribution < 1.29 is 9.53 Å². The molecular weight excluding hydrogens is 405 g/mol. The number of hydrogen-bond donors (Lipinski definition) is 1. The molecule has 3 aromatic rings. The monoisotopic (exact) mass is 425 g/mol. The lowest BCUT2D eigenvalue weighted by molar-refractivity contribution is 0.0526. The third-order valence-electron chi connectivity index (χ3n) is 4.32. The van der Waals surface area contributed by atoms with Crippen molar-refractivity contribution in [1.29, 1.82) is 0 Å². The highest BCUT2D eigenvalue weighted by Crippen LogP contribution is 2.26. The zero-order valence-corrected chi connectivity index (χ0v) is 17.5. The van der Waals surface area contributed by atoms with Gasteiger partial charge in [0, 0.05) is 22.3 Å². The molecule has 0 saturated carbocycles. The molecule has 148 valence electrons. The van der Waals surface area contributed by atoms with Crippen molar-refractivity contribution in [3.63, 3.8) is 0 Å². The van der Waals surface area contributed by atoms with Crippen LogP contribution in [0.1, 0.15) is 28.4 Å². The molecule has 0 amide bonds. The second-order valence-electron chi connectivity index (χ2n) is 6.31. The normalized spacial score (nSPS) is 10.3. The Labute approximate surface area is 180 Å². The highest BCUT2D eigenvalue weighted by atomic mass is 35.5. The van der Waals surface area contributed by atoms with Gasteiger partial charge < -0.3 is 10.1 Å². The lowest BCUT2D eigenvalue weighted by Crippen LogP contribution is -2.05. The van der Waals surface area contributed by atoms with Crippen LogP contribution in [0.15, 0.2) is 78.9 Å². The highest BCUT2D eigenvalue weighted by Gasteiger charge is 2.07. The number of halogens is 2. The average Bonchev–Trinajstić information content (AvgIpc) is 2.74. The van der Waals surface area contributed by atoms with E-state index >= 15 is 0 Å². The van der Waals surface area contributed by atoms with Gasteiger partial charge in [0.1, 0.15) is 0 Å². The predicted molar refractivity (Wildman–Crippen MR) is 121 cm³/mol. The molecule has 0 heterocycles. The van der Waals surface area contributed by atoms with Crippen molar-refractivity contribution >= 4 is 40.4 Å². The van der Waals surface area contributed by atoms with Gasteiger partial charge in [0.25, 0.3) is 0 Å². The van der Waals surface area contributed by atoms with Crippen LogP contribution in [0.2, 0.25) is 10.0 Å². The van der Waals surface area contributed by atoms with Crippen molar-refractivity contribution in [2.45, 2.75) is 6.92 Å². The fraction of sp³-hybridized carbons (Fsp3) is 0.125. The van der Waals surface area contributed by atoms with Crippen molar-refractivity contribution in [3.8, 4) is 0 Å². The molecule has 0 unspecified atom stereocenters. The Kier molecular flexibility index (Phi) is 7.34. The van der Waals surface area contributed by atoms with Gasteiger partial charge in [0.05, 0.1) is 12.2 Å². The van der Waals surface area contributed by atoms with Crippen molar-refractivity contribution in [1.82, 2.24) is 0 Å². The molecule has 0 aliphatic carbocycles. The summed E-state index contributed by atoms with van der Waals surface area (Å²) in [7, 11) is 0. The molecule has 0 saturated heterocycles. The Morgan fingerprint density at radius 2 is 1.31 bits per heavy atom. The summed E-state index contributed by atoms with van der Waals surface area (Å²) in [6, 6.07) is 22.7. The number of rotatable bonds is 7. The van der Waals surface area contributed by atoms with E-state index in [4.69, 9.17) is 27.9 Å². The first kappa shape index (κ1) is 21.0. The molecule has 0 bridgehead atoms. The van der Waals surface area contributed by atoms with Gasteiger partial charge in [-0.05, 0) is 72.2 Å². The minimum Gasteiger partial charge on any atom is -0.462 e. The molecule has 0 atom stereocenters. The third-order valence-corrected chi connectivity index (χ3v) is 4.82. The molecule has 29 heavy (non-hydrogen) atoms. The topological polar surface area (TPSA) is 38.3 Å². The maximum atomic E-state index is 11.8. The predicted octanol–water partition coefficient (Wildman–Crippen LogP) is 6.71. The first-order valence-electron chi connectivity index (χ1n) is 9.30. The zero-order chi connectivity index (χ0) is 20.6. The van der Waals surface area contributed by atoms with Crippen LogP contribution in [0.4, 0.5) is 5.69 Å². The van der Waals surface area contributed by atoms with Crippen molar-refractivity contribution in [3.05, 3.63) is 106 Å². The minimum absolute atomic E-state index is 0.313. The number of anilines is 1. The van der Waals surface area contributed by atoms with E-state index in [1.165, 1.54) is 0 Å². The summed E-state index contributed by atoms with van der Waals surface area (Å²) in [5.74, 6) is -0.313. The van der Waals surface area contributed by atoms with Crippen molar-refractivity contribution in [2.75, 3.05) is 18.5 Å². The first-order valence-corrected chi connectivity index (χ1v) is 10.1. The van der Waals surface area contributed by atoms with E-state index in [0.717, 1.165) is 22.4 Å². The van der Waals surface area contributed by atoms with Crippen LogP contribution in [0.5, 0.6) is 0 Å². The third kappa shape index (κ3) is 5.86. The summed E-state index contributed by atoms with van der Waals surface area (Å²) < 4.78 is 5.01. The van der Waals surface area contributed by atoms with Gasteiger partial charge in [0.15, 0.2) is 0 Å². The Bertz CT molecular complexity index is 931. The zero-order valence-electron chi connectivity index (χ0n) is 16.0. The number of carbonyl (C=O) groups is 1. The lowest BCUT2D eigenvalue weighted by atomic mass is 9.97. The maximum Gasteiger partial charge on any atom is 0.338 e. The Hall–Kier alpha value is -2.75. The SMILES string of the molecule is CCOC(=O)c1ccc(NCC=C(c2ccc(Cl)cc2)c2ccc(Cl)cc2)cc1. The maximum absolute atomic E-state index is 11.8. The molecule has 0 aromatic heterocycles. The molecule has 5 heteroatoms. The van der Waals surface area contributed by atoms with E-state index in [1.54, 1.807) is 19.1 Å². The van der Waals surface area contributed by atoms with E-state index in [1.807, 2.05) is 60.7 Å². The largest absolute Gasteiger partial charge is 0.462 e. The van der Waals surface area contributed by atoms with Crippen LogP contribution < -0.4 is 5.32 Å². The summed E-state index contributed by atoms with van der Waals surface area (Å²) >= 11 is 12.1. The Balaban J connectivity index is 1.77. The lowest BCUT2D eigenvalue weighted by Gasteiger charge is -2.11. The number of nitrogens with one attached hydrogen (secondary N) is 1. The summed E-state index contributed by atoms with van der Waals surface area (Å²) in [5, 5.41) is 4.75. The second-order valence-corrected chi connectivity index (χ2v) is 7.18. The quantitative estimate of drug-likeness (QED) is 0.427. The summed E-state index contributed by atoms with van der Waals surface area (Å²) in [5.41, 5.74) is 4.66. The highest BCUT2D eigenvalue weighted by molar-refractivity contribution is 6.31. The fourth-order valence-electron chi connectivity index (χ4n) is 2.87. The number of benzene rings is 3. The van der Waals surface area contributed by atoms with Crippen LogP contribution >= 0.6 is 23.2 Å². The van der Waals surface area contributed by atoms with E-state index in [2.05, 4.69) is 11.4 Å². The van der Waals surface area contributed by atoms with Gasteiger partial charge >= 0.3 is 5.97 Å². The Morgan fingerprint density at radius 1 is 0.828 bits per heavy atom. The summed E-state index contributed by atoms with van der Waals surface area (Å²) in [6.45, 7) is 2.76. The van der Waals surface area contributed by atoms with Crippen LogP contribution in [0, 0.1) is 0 Å². The van der Waals surface area contributed by atoms with E-state index < -0.39 is 0 Å². The standard InChI is InChI=1S/C24H21Cl2NO2/c1-2-29-24(28)19-7-13-22(14-8-19)27-16-15-23(17-3-9-20(25)10-4-17)18-5-11-21(26)12-6-18/h3-15,27H,2,16H2,1H3. The second kappa shape index (κ2) is 10.1. The van der Waals surface area contributed by atoms with Gasteiger partial charge in [-0.2, -0.15) is 0 Å².